The Kier molecular flexibility index (Phi) is 2.96. The molecule has 4 nitrogen and oxygen atoms in total. The van der Waals surface area contributed by atoms with E-state index in [0.29, 0.717) is 11.3 Å². The molecule has 2 atom stereocenters. The molecule has 116 valence electrons. The summed E-state index contributed by atoms with van der Waals surface area (Å²) in [5, 5.41) is 0. The summed E-state index contributed by atoms with van der Waals surface area (Å²) in [4.78, 5) is 13.0. The maximum absolute atomic E-state index is 12.8. The first kappa shape index (κ1) is 14.2. The minimum atomic E-state index is -3.78. The molecule has 0 radical (unpaired) electrons. The molecule has 2 heterocycles. The molecule has 2 aromatic carbocycles. The van der Waals surface area contributed by atoms with Crippen LogP contribution in [0, 0.1) is 5.92 Å². The van der Waals surface area contributed by atoms with Gasteiger partial charge in [-0.3, -0.25) is 4.79 Å². The van der Waals surface area contributed by atoms with Gasteiger partial charge in [0.05, 0.1) is 10.6 Å². The number of sulfonamides is 1. The number of rotatable bonds is 1. The second-order valence-corrected chi connectivity index (χ2v) is 7.64. The highest BCUT2D eigenvalue weighted by Crippen LogP contribution is 2.46. The number of hydrogen-bond acceptors (Lipinski definition) is 3. The van der Waals surface area contributed by atoms with Crippen LogP contribution in [0.25, 0.3) is 5.70 Å². The zero-order chi connectivity index (χ0) is 16.2. The first-order chi connectivity index (χ1) is 11.0. The average Bonchev–Trinajstić information content (AvgIpc) is 2.80. The van der Waals surface area contributed by atoms with Crippen LogP contribution in [0.2, 0.25) is 0 Å². The van der Waals surface area contributed by atoms with E-state index in [4.69, 9.17) is 0 Å². The van der Waals surface area contributed by atoms with Gasteiger partial charge < -0.3 is 0 Å². The first-order valence-electron chi connectivity index (χ1n) is 7.47. The molecule has 4 rings (SSSR count). The highest BCUT2D eigenvalue weighted by Gasteiger charge is 2.47. The Labute approximate surface area is 135 Å². The van der Waals surface area contributed by atoms with Crippen LogP contribution in [0.1, 0.15) is 24.0 Å². The Balaban J connectivity index is 1.96. The van der Waals surface area contributed by atoms with Gasteiger partial charge in [0.25, 0.3) is 10.0 Å². The molecule has 0 N–H and O–H groups in total. The van der Waals surface area contributed by atoms with E-state index in [1.807, 2.05) is 36.4 Å². The fraction of sp³-hybridized carbons (Fsp3) is 0.167. The minimum absolute atomic E-state index is 0.128. The summed E-state index contributed by atoms with van der Waals surface area (Å²) in [6.07, 6.45) is 1.91. The van der Waals surface area contributed by atoms with Gasteiger partial charge in [0.15, 0.2) is 0 Å². The summed E-state index contributed by atoms with van der Waals surface area (Å²) in [7, 11) is -3.78. The van der Waals surface area contributed by atoms with Crippen molar-refractivity contribution in [2.75, 3.05) is 0 Å². The van der Waals surface area contributed by atoms with Crippen LogP contribution >= 0.6 is 0 Å². The molecular formula is C18H15NO3S. The molecule has 2 aliphatic rings. The van der Waals surface area contributed by atoms with E-state index in [1.54, 1.807) is 31.2 Å². The number of benzene rings is 2. The van der Waals surface area contributed by atoms with Gasteiger partial charge in [-0.25, -0.2) is 12.7 Å². The predicted molar refractivity (Wildman–Crippen MR) is 86.8 cm³/mol. The second kappa shape index (κ2) is 4.80. The Morgan fingerprint density at radius 1 is 0.957 bits per heavy atom. The largest absolute Gasteiger partial charge is 0.273 e. The zero-order valence-electron chi connectivity index (χ0n) is 12.5. The van der Waals surface area contributed by atoms with E-state index in [1.165, 1.54) is 0 Å². The zero-order valence-corrected chi connectivity index (χ0v) is 13.3. The molecule has 5 heteroatoms. The van der Waals surface area contributed by atoms with Crippen molar-refractivity contribution in [1.29, 1.82) is 0 Å². The van der Waals surface area contributed by atoms with Crippen molar-refractivity contribution >= 4 is 21.6 Å². The van der Waals surface area contributed by atoms with Crippen molar-refractivity contribution in [3.63, 3.8) is 0 Å². The van der Waals surface area contributed by atoms with E-state index in [2.05, 4.69) is 0 Å². The molecule has 0 saturated heterocycles. The fourth-order valence-electron chi connectivity index (χ4n) is 3.35. The second-order valence-electron chi connectivity index (χ2n) is 5.88. The van der Waals surface area contributed by atoms with Gasteiger partial charge in [-0.1, -0.05) is 61.5 Å². The van der Waals surface area contributed by atoms with E-state index < -0.39 is 15.9 Å². The van der Waals surface area contributed by atoms with Crippen LogP contribution in [-0.2, 0) is 14.8 Å². The molecular weight excluding hydrogens is 310 g/mol. The van der Waals surface area contributed by atoms with Crippen molar-refractivity contribution in [3.8, 4) is 0 Å². The fourth-order valence-corrected chi connectivity index (χ4v) is 5.07. The van der Waals surface area contributed by atoms with Gasteiger partial charge in [-0.05, 0) is 11.6 Å². The summed E-state index contributed by atoms with van der Waals surface area (Å²) in [5.74, 6) is -0.922. The van der Waals surface area contributed by atoms with E-state index in [9.17, 15) is 13.2 Å². The van der Waals surface area contributed by atoms with Crippen LogP contribution in [-0.4, -0.2) is 18.6 Å². The van der Waals surface area contributed by atoms with Crippen molar-refractivity contribution in [2.24, 2.45) is 5.92 Å². The number of amides is 1. The summed E-state index contributed by atoms with van der Waals surface area (Å²) in [6.45, 7) is 1.78. The van der Waals surface area contributed by atoms with Gasteiger partial charge in [0.2, 0.25) is 5.91 Å². The summed E-state index contributed by atoms with van der Waals surface area (Å²) in [6, 6.07) is 16.5. The van der Waals surface area contributed by atoms with Crippen molar-refractivity contribution in [1.82, 2.24) is 4.31 Å². The maximum atomic E-state index is 12.8. The summed E-state index contributed by atoms with van der Waals surface area (Å²) >= 11 is 0. The molecule has 0 spiro atoms. The molecule has 0 aromatic heterocycles. The Hall–Kier alpha value is -2.40. The highest BCUT2D eigenvalue weighted by atomic mass is 32.2. The lowest BCUT2D eigenvalue weighted by Crippen LogP contribution is -2.40. The van der Waals surface area contributed by atoms with E-state index in [-0.39, 0.29) is 16.7 Å². The van der Waals surface area contributed by atoms with E-state index >= 15 is 0 Å². The first-order valence-corrected chi connectivity index (χ1v) is 8.91. The van der Waals surface area contributed by atoms with Gasteiger partial charge >= 0.3 is 0 Å². The number of nitrogens with zero attached hydrogens (tertiary/aromatic N) is 1. The third-order valence-corrected chi connectivity index (χ3v) is 6.32. The SMILES string of the molecule is C[C@@H]1C(=O)N2C(=C[C@H]1c1ccccc1)c1ccccc1S2(=O)=O. The van der Waals surface area contributed by atoms with Gasteiger partial charge in [0, 0.05) is 17.4 Å². The van der Waals surface area contributed by atoms with Crippen molar-refractivity contribution in [3.05, 3.63) is 71.8 Å². The number of fused-ring (bicyclic) bond motifs is 3. The molecule has 0 fully saturated rings. The third-order valence-electron chi connectivity index (χ3n) is 4.55. The van der Waals surface area contributed by atoms with Gasteiger partial charge in [-0.15, -0.1) is 0 Å². The maximum Gasteiger partial charge on any atom is 0.271 e. The Bertz CT molecular complexity index is 932. The number of carbonyl (C=O) groups is 1. The molecule has 0 aliphatic carbocycles. The Morgan fingerprint density at radius 3 is 2.35 bits per heavy atom. The van der Waals surface area contributed by atoms with E-state index in [0.717, 1.165) is 9.87 Å². The van der Waals surface area contributed by atoms with Gasteiger partial charge in [-0.2, -0.15) is 0 Å². The third kappa shape index (κ3) is 1.90. The molecule has 0 unspecified atom stereocenters. The Morgan fingerprint density at radius 2 is 1.61 bits per heavy atom. The topological polar surface area (TPSA) is 54.5 Å². The molecule has 2 aliphatic heterocycles. The van der Waals surface area contributed by atoms with Crippen LogP contribution in [0.4, 0.5) is 0 Å². The number of carbonyl (C=O) groups excluding carboxylic acids is 1. The molecule has 1 amide bonds. The minimum Gasteiger partial charge on any atom is -0.273 e. The summed E-state index contributed by atoms with van der Waals surface area (Å²) < 4.78 is 26.3. The lowest BCUT2D eigenvalue weighted by molar-refractivity contribution is -0.128. The average molecular weight is 325 g/mol. The lowest BCUT2D eigenvalue weighted by atomic mass is 9.83. The molecule has 0 bridgehead atoms. The van der Waals surface area contributed by atoms with Crippen LogP contribution in [0.3, 0.4) is 0 Å². The number of hydrogen-bond donors (Lipinski definition) is 0. The van der Waals surface area contributed by atoms with Crippen LogP contribution in [0.15, 0.2) is 65.6 Å². The number of allylic oxidation sites excluding steroid dienone is 1. The van der Waals surface area contributed by atoms with Crippen LogP contribution in [0.5, 0.6) is 0 Å². The normalized spacial score (nSPS) is 24.8. The lowest BCUT2D eigenvalue weighted by Gasteiger charge is -2.31. The quantitative estimate of drug-likeness (QED) is 0.810. The smallest absolute Gasteiger partial charge is 0.271 e. The molecule has 23 heavy (non-hydrogen) atoms. The monoisotopic (exact) mass is 325 g/mol. The predicted octanol–water partition coefficient (Wildman–Crippen LogP) is 2.99. The van der Waals surface area contributed by atoms with Gasteiger partial charge in [0.1, 0.15) is 0 Å². The van der Waals surface area contributed by atoms with Crippen molar-refractivity contribution in [2.45, 2.75) is 17.7 Å². The standard InChI is InChI=1S/C18H15NO3S/c1-12-15(13-7-3-2-4-8-13)11-16-14-9-5-6-10-17(14)23(21,22)19(16)18(12)20/h2-12,15H,1H3/t12-,15+/m0/s1. The van der Waals surface area contributed by atoms with Crippen LogP contribution < -0.4 is 0 Å². The summed E-state index contributed by atoms with van der Waals surface area (Å²) in [5.41, 5.74) is 2.11. The van der Waals surface area contributed by atoms with Crippen molar-refractivity contribution < 1.29 is 13.2 Å². The molecule has 2 aromatic rings. The molecule has 0 saturated carbocycles. The highest BCUT2D eigenvalue weighted by molar-refractivity contribution is 7.90.